The molecule has 8 nitrogen and oxygen atoms in total. The number of hydrogen-bond acceptors (Lipinski definition) is 5. The molecule has 3 N–H and O–H groups in total. The van der Waals surface area contributed by atoms with E-state index in [-0.39, 0.29) is 24.8 Å². The van der Waals surface area contributed by atoms with Gasteiger partial charge in [0.1, 0.15) is 12.1 Å². The van der Waals surface area contributed by atoms with E-state index >= 15 is 0 Å². The lowest BCUT2D eigenvalue weighted by Crippen LogP contribution is -2.55. The summed E-state index contributed by atoms with van der Waals surface area (Å²) in [5, 5.41) is 7.86. The maximum atomic E-state index is 12.9. The summed E-state index contributed by atoms with van der Waals surface area (Å²) in [5.74, 6) is -2.12. The van der Waals surface area contributed by atoms with Crippen LogP contribution in [0.25, 0.3) is 0 Å². The van der Waals surface area contributed by atoms with Crippen LogP contribution in [0.3, 0.4) is 0 Å². The van der Waals surface area contributed by atoms with Crippen LogP contribution in [0.4, 0.5) is 0 Å². The summed E-state index contributed by atoms with van der Waals surface area (Å²) in [5.41, 5.74) is 1.44. The first-order valence-corrected chi connectivity index (χ1v) is 10.2. The molecular weight excluding hydrogens is 398 g/mol. The van der Waals surface area contributed by atoms with Crippen LogP contribution in [-0.2, 0) is 30.3 Å². The minimum absolute atomic E-state index is 0.239. The molecule has 1 aromatic carbocycles. The number of allylic oxidation sites excluding steroid dienone is 3. The van der Waals surface area contributed by atoms with Crippen molar-refractivity contribution in [3.8, 4) is 0 Å². The largest absolute Gasteiger partial charge is 0.467 e. The lowest BCUT2D eigenvalue weighted by Gasteiger charge is -2.24. The Morgan fingerprint density at radius 1 is 1.06 bits per heavy atom. The molecule has 2 atom stereocenters. The maximum Gasteiger partial charge on any atom is 0.328 e. The number of carbonyl (C=O) groups is 4. The molecule has 8 heteroatoms. The van der Waals surface area contributed by atoms with Gasteiger partial charge in [-0.2, -0.15) is 0 Å². The molecule has 0 saturated carbocycles. The van der Waals surface area contributed by atoms with Crippen molar-refractivity contribution < 1.29 is 23.9 Å². The number of ether oxygens (including phenoxy) is 1. The fraction of sp³-hybridized carbons (Fsp3) is 0.391. The topological polar surface area (TPSA) is 114 Å². The number of benzene rings is 1. The number of esters is 1. The number of hydrogen-bond donors (Lipinski definition) is 3. The average Bonchev–Trinajstić information content (AvgIpc) is 3.30. The molecule has 3 amide bonds. The fourth-order valence-electron chi connectivity index (χ4n) is 3.10. The highest BCUT2D eigenvalue weighted by atomic mass is 16.5. The summed E-state index contributed by atoms with van der Waals surface area (Å²) in [6, 6.07) is 7.48. The molecule has 0 aliphatic heterocycles. The van der Waals surface area contributed by atoms with Crippen LogP contribution in [0.2, 0.25) is 0 Å². The Labute approximate surface area is 182 Å². The van der Waals surface area contributed by atoms with E-state index in [1.165, 1.54) is 7.11 Å². The molecule has 0 aromatic heterocycles. The molecule has 0 saturated heterocycles. The maximum absolute atomic E-state index is 12.9. The van der Waals surface area contributed by atoms with Gasteiger partial charge in [-0.15, -0.1) is 0 Å². The van der Waals surface area contributed by atoms with Crippen LogP contribution in [0, 0.1) is 5.92 Å². The fourth-order valence-corrected chi connectivity index (χ4v) is 3.10. The van der Waals surface area contributed by atoms with Gasteiger partial charge in [0.05, 0.1) is 13.7 Å². The van der Waals surface area contributed by atoms with Crippen molar-refractivity contribution in [2.75, 3.05) is 13.7 Å². The molecule has 0 fully saturated rings. The van der Waals surface area contributed by atoms with Crippen LogP contribution < -0.4 is 16.0 Å². The van der Waals surface area contributed by atoms with Crippen LogP contribution in [0.1, 0.15) is 25.8 Å². The zero-order valence-corrected chi connectivity index (χ0v) is 18.0. The molecule has 0 unspecified atom stereocenters. The lowest BCUT2D eigenvalue weighted by molar-refractivity contribution is -0.145. The van der Waals surface area contributed by atoms with Gasteiger partial charge in [-0.25, -0.2) is 4.79 Å². The second-order valence-corrected chi connectivity index (χ2v) is 7.57. The standard InChI is InChI=1S/C23H29N3O5/c1-15(2)20(26-19(27)14-24-21(28)17-11-7-8-12-17)22(29)25-18(23(30)31-3)13-16-9-5-4-6-10-16/h4-11,15,18,20H,12-14H2,1-3H3,(H,24,28)(H,25,29)(H,26,27)/t18-,20-/m0/s1. The van der Waals surface area contributed by atoms with Crippen molar-refractivity contribution in [3.05, 3.63) is 59.7 Å². The van der Waals surface area contributed by atoms with Gasteiger partial charge in [-0.05, 0) is 17.9 Å². The Bertz CT molecular complexity index is 861. The minimum Gasteiger partial charge on any atom is -0.467 e. The van der Waals surface area contributed by atoms with Gasteiger partial charge in [0.25, 0.3) is 0 Å². The first-order valence-electron chi connectivity index (χ1n) is 10.2. The Morgan fingerprint density at radius 2 is 1.77 bits per heavy atom. The summed E-state index contributed by atoms with van der Waals surface area (Å²) >= 11 is 0. The van der Waals surface area contributed by atoms with E-state index in [1.54, 1.807) is 26.0 Å². The summed E-state index contributed by atoms with van der Waals surface area (Å²) in [7, 11) is 1.26. The minimum atomic E-state index is -0.889. The van der Waals surface area contributed by atoms with Crippen LogP contribution >= 0.6 is 0 Å². The van der Waals surface area contributed by atoms with Crippen LogP contribution in [0.5, 0.6) is 0 Å². The van der Waals surface area contributed by atoms with Gasteiger partial charge in [-0.3, -0.25) is 14.4 Å². The van der Waals surface area contributed by atoms with Crippen molar-refractivity contribution in [2.45, 2.75) is 38.8 Å². The third-order valence-corrected chi connectivity index (χ3v) is 4.82. The Balaban J connectivity index is 1.96. The van der Waals surface area contributed by atoms with Gasteiger partial charge >= 0.3 is 5.97 Å². The third kappa shape index (κ3) is 7.40. The molecule has 1 aromatic rings. The van der Waals surface area contributed by atoms with E-state index in [0.717, 1.165) is 5.56 Å². The first kappa shape index (κ1) is 23.9. The molecule has 31 heavy (non-hydrogen) atoms. The number of rotatable bonds is 10. The second-order valence-electron chi connectivity index (χ2n) is 7.57. The van der Waals surface area contributed by atoms with E-state index in [4.69, 9.17) is 4.74 Å². The van der Waals surface area contributed by atoms with E-state index < -0.39 is 29.9 Å². The second kappa shape index (κ2) is 11.7. The highest BCUT2D eigenvalue weighted by molar-refractivity contribution is 5.97. The van der Waals surface area contributed by atoms with E-state index in [9.17, 15) is 19.2 Å². The molecule has 0 radical (unpaired) electrons. The number of amides is 3. The summed E-state index contributed by atoms with van der Waals surface area (Å²) in [6.45, 7) is 3.31. The Morgan fingerprint density at radius 3 is 2.35 bits per heavy atom. The number of nitrogens with one attached hydrogen (secondary N) is 3. The Hall–Kier alpha value is -3.42. The van der Waals surface area contributed by atoms with E-state index in [1.807, 2.05) is 36.4 Å². The van der Waals surface area contributed by atoms with Crippen molar-refractivity contribution in [1.82, 2.24) is 16.0 Å². The van der Waals surface area contributed by atoms with Crippen LogP contribution in [0.15, 0.2) is 54.1 Å². The van der Waals surface area contributed by atoms with Crippen molar-refractivity contribution in [3.63, 3.8) is 0 Å². The number of methoxy groups -OCH3 is 1. The molecule has 0 spiro atoms. The monoisotopic (exact) mass is 427 g/mol. The van der Waals surface area contributed by atoms with Gasteiger partial charge < -0.3 is 20.7 Å². The zero-order valence-electron chi connectivity index (χ0n) is 18.0. The highest BCUT2D eigenvalue weighted by Gasteiger charge is 2.29. The van der Waals surface area contributed by atoms with Crippen molar-refractivity contribution in [2.24, 2.45) is 5.92 Å². The number of carbonyl (C=O) groups excluding carboxylic acids is 4. The molecule has 166 valence electrons. The van der Waals surface area contributed by atoms with Gasteiger partial charge in [0.2, 0.25) is 17.7 Å². The SMILES string of the molecule is COC(=O)[C@H](Cc1ccccc1)NC(=O)[C@@H](NC(=O)CNC(=O)C1=CC=CC1)C(C)C. The molecule has 2 rings (SSSR count). The lowest BCUT2D eigenvalue weighted by atomic mass is 10.0. The summed E-state index contributed by atoms with van der Waals surface area (Å²) < 4.78 is 4.82. The molecule has 0 bridgehead atoms. The zero-order chi connectivity index (χ0) is 22.8. The van der Waals surface area contributed by atoms with Gasteiger partial charge in [0, 0.05) is 12.0 Å². The average molecular weight is 428 g/mol. The smallest absolute Gasteiger partial charge is 0.328 e. The van der Waals surface area contributed by atoms with E-state index in [2.05, 4.69) is 16.0 Å². The van der Waals surface area contributed by atoms with Crippen molar-refractivity contribution in [1.29, 1.82) is 0 Å². The molecular formula is C23H29N3O5. The Kier molecular flexibility index (Phi) is 8.99. The molecule has 1 aliphatic carbocycles. The first-order chi connectivity index (χ1) is 14.8. The van der Waals surface area contributed by atoms with Crippen LogP contribution in [-0.4, -0.2) is 49.4 Å². The molecule has 0 heterocycles. The third-order valence-electron chi connectivity index (χ3n) is 4.82. The summed E-state index contributed by atoms with van der Waals surface area (Å²) in [6.07, 6.45) is 6.11. The predicted molar refractivity (Wildman–Crippen MR) is 116 cm³/mol. The van der Waals surface area contributed by atoms with Gasteiger partial charge in [0.15, 0.2) is 0 Å². The molecule has 1 aliphatic rings. The van der Waals surface area contributed by atoms with Gasteiger partial charge in [-0.1, -0.05) is 62.4 Å². The predicted octanol–water partition coefficient (Wildman–Crippen LogP) is 1.03. The van der Waals surface area contributed by atoms with Crippen molar-refractivity contribution >= 4 is 23.7 Å². The normalized spacial score (nSPS) is 14.4. The quantitative estimate of drug-likeness (QED) is 0.483. The van der Waals surface area contributed by atoms with E-state index in [0.29, 0.717) is 12.0 Å². The highest BCUT2D eigenvalue weighted by Crippen LogP contribution is 2.10. The summed E-state index contributed by atoms with van der Waals surface area (Å²) in [4.78, 5) is 49.4.